The quantitative estimate of drug-likeness (QED) is 0.536. The van der Waals surface area contributed by atoms with Crippen molar-refractivity contribution in [1.82, 2.24) is 5.32 Å². The summed E-state index contributed by atoms with van der Waals surface area (Å²) in [7, 11) is 0. The average Bonchev–Trinajstić information content (AvgIpc) is 2.26. The fourth-order valence-corrected chi connectivity index (χ4v) is 1.18. The average molecular weight is 230 g/mol. The lowest BCUT2D eigenvalue weighted by Crippen LogP contribution is -2.31. The zero-order valence-corrected chi connectivity index (χ0v) is 10.0. The van der Waals surface area contributed by atoms with Gasteiger partial charge in [-0.2, -0.15) is 0 Å². The van der Waals surface area contributed by atoms with Gasteiger partial charge >= 0.3 is 5.97 Å². The number of aliphatic carboxylic acids is 1. The van der Waals surface area contributed by atoms with Crippen LogP contribution in [0, 0.1) is 5.92 Å². The maximum absolute atomic E-state index is 11.3. The summed E-state index contributed by atoms with van der Waals surface area (Å²) in [4.78, 5) is 21.8. The van der Waals surface area contributed by atoms with E-state index in [1.165, 1.54) is 0 Å². The van der Waals surface area contributed by atoms with Gasteiger partial charge in [0.15, 0.2) is 0 Å². The summed E-state index contributed by atoms with van der Waals surface area (Å²) in [5.41, 5.74) is 5.34. The number of amides is 1. The number of carbonyl (C=O) groups is 2. The molecule has 0 aromatic carbocycles. The lowest BCUT2D eigenvalue weighted by atomic mass is 10.1. The van der Waals surface area contributed by atoms with E-state index in [1.54, 1.807) is 0 Å². The van der Waals surface area contributed by atoms with Crippen LogP contribution in [-0.2, 0) is 9.59 Å². The predicted molar refractivity (Wildman–Crippen MR) is 61.9 cm³/mol. The molecule has 0 rings (SSSR count). The lowest BCUT2D eigenvalue weighted by molar-refractivity contribution is -0.138. The van der Waals surface area contributed by atoms with Crippen molar-refractivity contribution in [1.29, 1.82) is 0 Å². The molecule has 0 aliphatic rings. The van der Waals surface area contributed by atoms with Crippen LogP contribution in [0.4, 0.5) is 0 Å². The van der Waals surface area contributed by atoms with Crippen LogP contribution in [0.5, 0.6) is 0 Å². The van der Waals surface area contributed by atoms with E-state index in [0.29, 0.717) is 19.4 Å². The Hall–Kier alpha value is -1.10. The van der Waals surface area contributed by atoms with E-state index in [0.717, 1.165) is 12.8 Å². The summed E-state index contributed by atoms with van der Waals surface area (Å²) in [6.07, 6.45) is 2.77. The van der Waals surface area contributed by atoms with E-state index in [2.05, 4.69) is 5.32 Å². The standard InChI is InChI=1S/C11H22N2O3/c1-3-8(2)10(14)13-7-5-4-6-9(12)11(15)16/h8-9H,3-7,12H2,1-2H3,(H,13,14)(H,15,16)/t8?,9-/m0/s1. The first-order valence-electron chi connectivity index (χ1n) is 5.75. The molecule has 2 atom stereocenters. The molecule has 94 valence electrons. The van der Waals surface area contributed by atoms with E-state index in [1.807, 2.05) is 13.8 Å². The number of carboxylic acids is 1. The molecule has 0 heterocycles. The third-order valence-corrected chi connectivity index (χ3v) is 2.62. The number of carboxylic acid groups (broad SMARTS) is 1. The van der Waals surface area contributed by atoms with Gasteiger partial charge in [-0.05, 0) is 25.7 Å². The van der Waals surface area contributed by atoms with Crippen molar-refractivity contribution in [2.75, 3.05) is 6.54 Å². The van der Waals surface area contributed by atoms with Crippen molar-refractivity contribution in [2.24, 2.45) is 11.7 Å². The number of nitrogens with one attached hydrogen (secondary N) is 1. The van der Waals surface area contributed by atoms with Gasteiger partial charge in [-0.25, -0.2) is 0 Å². The van der Waals surface area contributed by atoms with E-state index < -0.39 is 12.0 Å². The minimum atomic E-state index is -0.969. The van der Waals surface area contributed by atoms with Crippen LogP contribution in [0.1, 0.15) is 39.5 Å². The largest absolute Gasteiger partial charge is 0.480 e. The van der Waals surface area contributed by atoms with Crippen molar-refractivity contribution >= 4 is 11.9 Å². The van der Waals surface area contributed by atoms with Gasteiger partial charge < -0.3 is 16.2 Å². The lowest BCUT2D eigenvalue weighted by Gasteiger charge is -2.10. The molecule has 0 aliphatic carbocycles. The fraction of sp³-hybridized carbons (Fsp3) is 0.818. The molecule has 0 aromatic rings. The predicted octanol–water partition coefficient (Wildman–Crippen LogP) is 0.731. The van der Waals surface area contributed by atoms with Gasteiger partial charge in [0, 0.05) is 12.5 Å². The molecule has 5 heteroatoms. The number of rotatable bonds is 8. The Morgan fingerprint density at radius 2 is 2.00 bits per heavy atom. The molecule has 4 N–H and O–H groups in total. The highest BCUT2D eigenvalue weighted by atomic mass is 16.4. The topological polar surface area (TPSA) is 92.4 Å². The minimum absolute atomic E-state index is 0.0428. The highest BCUT2D eigenvalue weighted by Gasteiger charge is 2.11. The van der Waals surface area contributed by atoms with Gasteiger partial charge in [-0.3, -0.25) is 9.59 Å². The van der Waals surface area contributed by atoms with Crippen LogP contribution in [0.3, 0.4) is 0 Å². The van der Waals surface area contributed by atoms with Gasteiger partial charge in [0.1, 0.15) is 6.04 Å². The Morgan fingerprint density at radius 1 is 1.38 bits per heavy atom. The molecule has 0 radical (unpaired) electrons. The van der Waals surface area contributed by atoms with Crippen LogP contribution in [0.2, 0.25) is 0 Å². The first kappa shape index (κ1) is 14.9. The zero-order chi connectivity index (χ0) is 12.6. The number of hydrogen-bond acceptors (Lipinski definition) is 3. The molecular formula is C11H22N2O3. The van der Waals surface area contributed by atoms with Crippen LogP contribution >= 0.6 is 0 Å². The smallest absolute Gasteiger partial charge is 0.320 e. The highest BCUT2D eigenvalue weighted by Crippen LogP contribution is 2.01. The Balaban J connectivity index is 3.47. The summed E-state index contributed by atoms with van der Waals surface area (Å²) in [6.45, 7) is 4.45. The van der Waals surface area contributed by atoms with E-state index in [4.69, 9.17) is 10.8 Å². The van der Waals surface area contributed by atoms with Gasteiger partial charge in [-0.1, -0.05) is 13.8 Å². The van der Waals surface area contributed by atoms with Crippen LogP contribution in [0.25, 0.3) is 0 Å². The number of carbonyl (C=O) groups excluding carboxylic acids is 1. The van der Waals surface area contributed by atoms with E-state index in [9.17, 15) is 9.59 Å². The molecule has 0 saturated heterocycles. The second kappa shape index (κ2) is 8.10. The molecule has 0 saturated carbocycles. The molecular weight excluding hydrogens is 208 g/mol. The normalized spacial score (nSPS) is 14.2. The SMILES string of the molecule is CCC(C)C(=O)NCCCC[C@H](N)C(=O)O. The molecule has 0 bridgehead atoms. The summed E-state index contributed by atoms with van der Waals surface area (Å²) in [6, 6.07) is -0.787. The van der Waals surface area contributed by atoms with Crippen molar-refractivity contribution < 1.29 is 14.7 Å². The molecule has 0 aliphatic heterocycles. The van der Waals surface area contributed by atoms with Crippen LogP contribution < -0.4 is 11.1 Å². The summed E-state index contributed by atoms with van der Waals surface area (Å²) < 4.78 is 0. The monoisotopic (exact) mass is 230 g/mol. The molecule has 5 nitrogen and oxygen atoms in total. The second-order valence-electron chi connectivity index (χ2n) is 4.04. The molecule has 0 fully saturated rings. The summed E-state index contributed by atoms with van der Waals surface area (Å²) in [5, 5.41) is 11.3. The summed E-state index contributed by atoms with van der Waals surface area (Å²) in [5.74, 6) is -0.866. The number of unbranched alkanes of at least 4 members (excludes halogenated alkanes) is 1. The molecule has 1 amide bonds. The third kappa shape index (κ3) is 6.40. The third-order valence-electron chi connectivity index (χ3n) is 2.62. The van der Waals surface area contributed by atoms with Gasteiger partial charge in [0.25, 0.3) is 0 Å². The Bertz CT molecular complexity index is 231. The Labute approximate surface area is 96.4 Å². The van der Waals surface area contributed by atoms with Gasteiger partial charge in [0.2, 0.25) is 5.91 Å². The first-order chi connectivity index (χ1) is 7.49. The van der Waals surface area contributed by atoms with Crippen LogP contribution in [0.15, 0.2) is 0 Å². The maximum atomic E-state index is 11.3. The van der Waals surface area contributed by atoms with E-state index in [-0.39, 0.29) is 11.8 Å². The van der Waals surface area contributed by atoms with Gasteiger partial charge in [-0.15, -0.1) is 0 Å². The number of nitrogens with two attached hydrogens (primary N) is 1. The molecule has 0 aromatic heterocycles. The van der Waals surface area contributed by atoms with Crippen molar-refractivity contribution in [3.05, 3.63) is 0 Å². The van der Waals surface area contributed by atoms with Crippen molar-refractivity contribution in [2.45, 2.75) is 45.6 Å². The Kier molecular flexibility index (Phi) is 7.54. The molecule has 1 unspecified atom stereocenters. The maximum Gasteiger partial charge on any atom is 0.320 e. The molecule has 16 heavy (non-hydrogen) atoms. The fourth-order valence-electron chi connectivity index (χ4n) is 1.18. The zero-order valence-electron chi connectivity index (χ0n) is 10.0. The van der Waals surface area contributed by atoms with E-state index >= 15 is 0 Å². The summed E-state index contributed by atoms with van der Waals surface area (Å²) >= 11 is 0. The van der Waals surface area contributed by atoms with Crippen LogP contribution in [-0.4, -0.2) is 29.6 Å². The van der Waals surface area contributed by atoms with Crippen molar-refractivity contribution in [3.8, 4) is 0 Å². The van der Waals surface area contributed by atoms with Crippen molar-refractivity contribution in [3.63, 3.8) is 0 Å². The second-order valence-corrected chi connectivity index (χ2v) is 4.04. The first-order valence-corrected chi connectivity index (χ1v) is 5.75. The minimum Gasteiger partial charge on any atom is -0.480 e. The highest BCUT2D eigenvalue weighted by molar-refractivity contribution is 5.78. The Morgan fingerprint density at radius 3 is 2.50 bits per heavy atom. The van der Waals surface area contributed by atoms with Gasteiger partial charge in [0.05, 0.1) is 0 Å². The molecule has 0 spiro atoms. The number of hydrogen-bond donors (Lipinski definition) is 3.